The maximum Gasteiger partial charge on any atom is 0.231 e. The number of amides is 2. The average molecular weight is 233 g/mol. The van der Waals surface area contributed by atoms with Crippen LogP contribution in [0.15, 0.2) is 11.1 Å². The van der Waals surface area contributed by atoms with Gasteiger partial charge in [0.15, 0.2) is 0 Å². The van der Waals surface area contributed by atoms with E-state index in [0.29, 0.717) is 11.8 Å². The van der Waals surface area contributed by atoms with Crippen LogP contribution in [-0.4, -0.2) is 11.8 Å². The molecular formula is C14H19NO2. The van der Waals surface area contributed by atoms with E-state index in [-0.39, 0.29) is 23.7 Å². The van der Waals surface area contributed by atoms with Crippen LogP contribution in [0.5, 0.6) is 0 Å². The largest absolute Gasteiger partial charge is 0.296 e. The first kappa shape index (κ1) is 11.0. The molecule has 0 spiro atoms. The van der Waals surface area contributed by atoms with E-state index in [9.17, 15) is 9.59 Å². The number of nitrogens with one attached hydrogen (secondary N) is 1. The van der Waals surface area contributed by atoms with Crippen molar-refractivity contribution in [3.8, 4) is 0 Å². The highest BCUT2D eigenvalue weighted by molar-refractivity contribution is 6.05. The van der Waals surface area contributed by atoms with Crippen molar-refractivity contribution in [3.05, 3.63) is 11.1 Å². The highest BCUT2D eigenvalue weighted by Gasteiger charge is 2.50. The first-order valence-electron chi connectivity index (χ1n) is 6.61. The first-order valence-corrected chi connectivity index (χ1v) is 6.61. The summed E-state index contributed by atoms with van der Waals surface area (Å²) in [5.74, 6) is 0.800. The average Bonchev–Trinajstić information content (AvgIpc) is 2.54. The molecular weight excluding hydrogens is 214 g/mol. The van der Waals surface area contributed by atoms with Gasteiger partial charge in [-0.05, 0) is 44.4 Å². The van der Waals surface area contributed by atoms with E-state index in [2.05, 4.69) is 19.2 Å². The zero-order chi connectivity index (χ0) is 12.2. The van der Waals surface area contributed by atoms with Gasteiger partial charge in [-0.25, -0.2) is 0 Å². The minimum absolute atomic E-state index is 0.0240. The smallest absolute Gasteiger partial charge is 0.231 e. The molecule has 1 heterocycles. The first-order chi connectivity index (χ1) is 8.08. The van der Waals surface area contributed by atoms with Crippen molar-refractivity contribution in [3.63, 3.8) is 0 Å². The molecule has 2 amide bonds. The molecule has 0 bridgehead atoms. The molecule has 92 valence electrons. The number of carbonyl (C=O) groups is 2. The van der Waals surface area contributed by atoms with E-state index in [1.807, 2.05) is 0 Å². The summed E-state index contributed by atoms with van der Waals surface area (Å²) in [5.41, 5.74) is 2.85. The molecule has 4 unspecified atom stereocenters. The Hall–Kier alpha value is -1.12. The molecule has 1 aliphatic heterocycles. The number of hydrogen-bond donors (Lipinski definition) is 1. The number of allylic oxidation sites excluding steroid dienone is 2. The minimum atomic E-state index is -0.0819. The maximum atomic E-state index is 11.9. The lowest BCUT2D eigenvalue weighted by atomic mass is 9.63. The van der Waals surface area contributed by atoms with E-state index in [1.54, 1.807) is 0 Å². The molecule has 0 radical (unpaired) electrons. The molecule has 1 N–H and O–H groups in total. The molecule has 0 aromatic carbocycles. The third-order valence-electron chi connectivity index (χ3n) is 4.84. The van der Waals surface area contributed by atoms with Crippen molar-refractivity contribution < 1.29 is 9.59 Å². The quantitative estimate of drug-likeness (QED) is 0.514. The highest BCUT2D eigenvalue weighted by atomic mass is 16.2. The summed E-state index contributed by atoms with van der Waals surface area (Å²) >= 11 is 0. The number of carbonyl (C=O) groups excluding carboxylic acids is 2. The Bertz CT molecular complexity index is 424. The van der Waals surface area contributed by atoms with Gasteiger partial charge in [-0.3, -0.25) is 14.9 Å². The standard InChI is InChI=1S/C14H19NO2/c1-7-3-4-9-8(2)6-11-12(10(9)5-7)14(17)15-13(11)16/h7,10-12H,3-6H2,1-2H3,(H,15,16,17). The molecule has 3 aliphatic rings. The van der Waals surface area contributed by atoms with Crippen molar-refractivity contribution in [2.45, 2.75) is 39.5 Å². The second-order valence-corrected chi connectivity index (χ2v) is 5.98. The van der Waals surface area contributed by atoms with Gasteiger partial charge < -0.3 is 0 Å². The molecule has 3 heteroatoms. The van der Waals surface area contributed by atoms with Gasteiger partial charge in [-0.1, -0.05) is 18.1 Å². The fraction of sp³-hybridized carbons (Fsp3) is 0.714. The van der Waals surface area contributed by atoms with Crippen LogP contribution >= 0.6 is 0 Å². The van der Waals surface area contributed by atoms with Gasteiger partial charge in [0.05, 0.1) is 11.8 Å². The molecule has 0 aromatic heterocycles. The van der Waals surface area contributed by atoms with Gasteiger partial charge in [0.25, 0.3) is 0 Å². The van der Waals surface area contributed by atoms with E-state index in [1.165, 1.54) is 17.6 Å². The van der Waals surface area contributed by atoms with Gasteiger partial charge >= 0.3 is 0 Å². The number of fused-ring (bicyclic) bond motifs is 3. The van der Waals surface area contributed by atoms with Crippen molar-refractivity contribution in [1.82, 2.24) is 5.32 Å². The fourth-order valence-corrected chi connectivity index (χ4v) is 3.96. The third kappa shape index (κ3) is 1.55. The van der Waals surface area contributed by atoms with Crippen molar-refractivity contribution in [2.75, 3.05) is 0 Å². The van der Waals surface area contributed by atoms with Crippen molar-refractivity contribution in [1.29, 1.82) is 0 Å². The molecule has 1 saturated heterocycles. The SMILES string of the molecule is CC1=C2CCC(C)CC2C2C(=O)NC(=O)C2C1. The van der Waals surface area contributed by atoms with Gasteiger partial charge in [0.2, 0.25) is 11.8 Å². The summed E-state index contributed by atoms with van der Waals surface area (Å²) in [5, 5.41) is 2.52. The minimum Gasteiger partial charge on any atom is -0.296 e. The summed E-state index contributed by atoms with van der Waals surface area (Å²) in [6, 6.07) is 0. The van der Waals surface area contributed by atoms with Gasteiger partial charge in [-0.15, -0.1) is 0 Å². The summed E-state index contributed by atoms with van der Waals surface area (Å²) < 4.78 is 0. The van der Waals surface area contributed by atoms with Crippen LogP contribution in [0.4, 0.5) is 0 Å². The lowest BCUT2D eigenvalue weighted by Gasteiger charge is -2.39. The van der Waals surface area contributed by atoms with E-state index in [4.69, 9.17) is 0 Å². The maximum absolute atomic E-state index is 11.9. The van der Waals surface area contributed by atoms with Gasteiger partial charge in [0, 0.05) is 0 Å². The Kier molecular flexibility index (Phi) is 2.39. The molecule has 2 aliphatic carbocycles. The Labute approximate surface area is 102 Å². The number of rotatable bonds is 0. The molecule has 1 saturated carbocycles. The Morgan fingerprint density at radius 1 is 1.18 bits per heavy atom. The zero-order valence-electron chi connectivity index (χ0n) is 10.5. The van der Waals surface area contributed by atoms with Crippen LogP contribution < -0.4 is 5.32 Å². The zero-order valence-corrected chi connectivity index (χ0v) is 10.5. The number of imide groups is 1. The predicted molar refractivity (Wildman–Crippen MR) is 64.0 cm³/mol. The monoisotopic (exact) mass is 233 g/mol. The molecule has 4 atom stereocenters. The van der Waals surface area contributed by atoms with E-state index < -0.39 is 0 Å². The van der Waals surface area contributed by atoms with Crippen LogP contribution in [0.25, 0.3) is 0 Å². The van der Waals surface area contributed by atoms with E-state index >= 15 is 0 Å². The predicted octanol–water partition coefficient (Wildman–Crippen LogP) is 2.03. The molecule has 0 aromatic rings. The van der Waals surface area contributed by atoms with Crippen LogP contribution in [0, 0.1) is 23.7 Å². The summed E-state index contributed by atoms with van der Waals surface area (Å²) in [6.07, 6.45) is 4.23. The molecule has 17 heavy (non-hydrogen) atoms. The van der Waals surface area contributed by atoms with Gasteiger partial charge in [0.1, 0.15) is 0 Å². The van der Waals surface area contributed by atoms with E-state index in [0.717, 1.165) is 19.3 Å². The van der Waals surface area contributed by atoms with Crippen LogP contribution in [-0.2, 0) is 9.59 Å². The molecule has 2 fully saturated rings. The lowest BCUT2D eigenvalue weighted by molar-refractivity contribution is -0.126. The van der Waals surface area contributed by atoms with Crippen LogP contribution in [0.3, 0.4) is 0 Å². The highest BCUT2D eigenvalue weighted by Crippen LogP contribution is 2.49. The summed E-state index contributed by atoms with van der Waals surface area (Å²) in [6.45, 7) is 4.40. The van der Waals surface area contributed by atoms with Crippen molar-refractivity contribution in [2.24, 2.45) is 23.7 Å². The molecule has 3 nitrogen and oxygen atoms in total. The Morgan fingerprint density at radius 2 is 1.94 bits per heavy atom. The fourth-order valence-electron chi connectivity index (χ4n) is 3.96. The Morgan fingerprint density at radius 3 is 2.71 bits per heavy atom. The topological polar surface area (TPSA) is 46.2 Å². The van der Waals surface area contributed by atoms with Crippen LogP contribution in [0.2, 0.25) is 0 Å². The van der Waals surface area contributed by atoms with Crippen LogP contribution in [0.1, 0.15) is 39.5 Å². The molecule has 3 rings (SSSR count). The normalized spacial score (nSPS) is 41.1. The third-order valence-corrected chi connectivity index (χ3v) is 4.84. The summed E-state index contributed by atoms with van der Waals surface area (Å²) in [7, 11) is 0. The Balaban J connectivity index is 2.00. The lowest BCUT2D eigenvalue weighted by Crippen LogP contribution is -2.36. The summed E-state index contributed by atoms with van der Waals surface area (Å²) in [4.78, 5) is 23.7. The second-order valence-electron chi connectivity index (χ2n) is 5.98. The number of hydrogen-bond acceptors (Lipinski definition) is 2. The van der Waals surface area contributed by atoms with Crippen molar-refractivity contribution >= 4 is 11.8 Å². The second kappa shape index (κ2) is 3.69. The van der Waals surface area contributed by atoms with Gasteiger partial charge in [-0.2, -0.15) is 0 Å².